The van der Waals surface area contributed by atoms with Gasteiger partial charge in [0.15, 0.2) is 0 Å². The summed E-state index contributed by atoms with van der Waals surface area (Å²) < 4.78 is 5.49. The molecule has 0 saturated carbocycles. The number of rotatable bonds is 5. The normalized spacial score (nSPS) is 12.1. The summed E-state index contributed by atoms with van der Waals surface area (Å²) in [5.41, 5.74) is 1.21. The van der Waals surface area contributed by atoms with E-state index in [9.17, 15) is 19.8 Å². The van der Waals surface area contributed by atoms with Crippen molar-refractivity contribution in [1.29, 1.82) is 0 Å². The van der Waals surface area contributed by atoms with Crippen LogP contribution in [0.4, 0.5) is 0 Å². The molecule has 0 amide bonds. The van der Waals surface area contributed by atoms with E-state index in [0.29, 0.717) is 28.2 Å². The number of aliphatic carboxylic acids is 2. The third kappa shape index (κ3) is 3.47. The number of hydrogen-bond acceptors (Lipinski definition) is 3. The standard InChI is InChI=1S/C17H22O5/c1-8(2)13(12-7-10(5)22-11(12)6)15(17(20)21)14(9(3)4)16(18)19/h7-8H,1-6H3,(H,18,19)(H,20,21)/b15-13+. The summed E-state index contributed by atoms with van der Waals surface area (Å²) in [5.74, 6) is -1.42. The minimum absolute atomic E-state index is 0.171. The Labute approximate surface area is 130 Å². The molecule has 2 N–H and O–H groups in total. The van der Waals surface area contributed by atoms with Crippen LogP contribution in [0.15, 0.2) is 27.2 Å². The molecule has 0 spiro atoms. The maximum atomic E-state index is 11.8. The minimum Gasteiger partial charge on any atom is -0.478 e. The Balaban J connectivity index is 3.88. The van der Waals surface area contributed by atoms with E-state index in [-0.39, 0.29) is 17.1 Å². The molecule has 22 heavy (non-hydrogen) atoms. The van der Waals surface area contributed by atoms with E-state index in [2.05, 4.69) is 0 Å². The first-order chi connectivity index (χ1) is 10.1. The van der Waals surface area contributed by atoms with Crippen molar-refractivity contribution in [3.63, 3.8) is 0 Å². The van der Waals surface area contributed by atoms with Gasteiger partial charge in [-0.15, -0.1) is 0 Å². The number of aryl methyl sites for hydroxylation is 2. The maximum Gasteiger partial charge on any atom is 0.336 e. The largest absolute Gasteiger partial charge is 0.478 e. The quantitative estimate of drug-likeness (QED) is 0.638. The summed E-state index contributed by atoms with van der Waals surface area (Å²) in [6, 6.07) is 1.75. The maximum absolute atomic E-state index is 11.8. The summed E-state index contributed by atoms with van der Waals surface area (Å²) >= 11 is 0. The Kier molecular flexibility index (Phi) is 5.36. The fourth-order valence-electron chi connectivity index (χ4n) is 2.56. The molecule has 1 aromatic heterocycles. The average molecular weight is 306 g/mol. The molecule has 1 aromatic rings. The van der Waals surface area contributed by atoms with Gasteiger partial charge >= 0.3 is 11.9 Å². The fraction of sp³-hybridized carbons (Fsp3) is 0.412. The smallest absolute Gasteiger partial charge is 0.336 e. The van der Waals surface area contributed by atoms with Gasteiger partial charge in [0.25, 0.3) is 0 Å². The number of carboxylic acids is 2. The van der Waals surface area contributed by atoms with Crippen molar-refractivity contribution < 1.29 is 24.2 Å². The van der Waals surface area contributed by atoms with Gasteiger partial charge < -0.3 is 14.6 Å². The molecule has 0 aliphatic heterocycles. The Hall–Kier alpha value is -2.30. The Morgan fingerprint density at radius 1 is 1.05 bits per heavy atom. The molecule has 0 radical (unpaired) electrons. The van der Waals surface area contributed by atoms with Crippen LogP contribution in [-0.2, 0) is 9.59 Å². The first-order valence-electron chi connectivity index (χ1n) is 7.03. The van der Waals surface area contributed by atoms with Gasteiger partial charge in [-0.1, -0.05) is 19.4 Å². The minimum atomic E-state index is -1.25. The van der Waals surface area contributed by atoms with Crippen LogP contribution < -0.4 is 0 Å². The van der Waals surface area contributed by atoms with Crippen LogP contribution in [0, 0.1) is 19.8 Å². The van der Waals surface area contributed by atoms with E-state index >= 15 is 0 Å². The van der Waals surface area contributed by atoms with Crippen LogP contribution in [0.5, 0.6) is 0 Å². The predicted octanol–water partition coefficient (Wildman–Crippen LogP) is 3.81. The SMILES string of the molecule is CC(C)=C(C(=O)O)/C(C(=O)O)=C(\c1cc(C)oc1C)C(C)C. The van der Waals surface area contributed by atoms with Crippen LogP contribution in [0.1, 0.15) is 44.8 Å². The van der Waals surface area contributed by atoms with Gasteiger partial charge in [-0.2, -0.15) is 0 Å². The highest BCUT2D eigenvalue weighted by Gasteiger charge is 2.28. The van der Waals surface area contributed by atoms with Crippen molar-refractivity contribution in [3.8, 4) is 0 Å². The number of hydrogen-bond donors (Lipinski definition) is 2. The highest BCUT2D eigenvalue weighted by atomic mass is 16.4. The Morgan fingerprint density at radius 3 is 1.82 bits per heavy atom. The molecule has 0 fully saturated rings. The highest BCUT2D eigenvalue weighted by Crippen LogP contribution is 2.35. The van der Waals surface area contributed by atoms with E-state index in [0.717, 1.165) is 0 Å². The zero-order valence-electron chi connectivity index (χ0n) is 13.8. The van der Waals surface area contributed by atoms with Crippen LogP contribution in [-0.4, -0.2) is 22.2 Å². The second-order valence-electron chi connectivity index (χ2n) is 5.76. The second kappa shape index (κ2) is 6.64. The molecule has 0 aromatic carbocycles. The molecule has 5 heteroatoms. The molecule has 120 valence electrons. The van der Waals surface area contributed by atoms with Crippen LogP contribution in [0.3, 0.4) is 0 Å². The Morgan fingerprint density at radius 2 is 1.55 bits per heavy atom. The van der Waals surface area contributed by atoms with Gasteiger partial charge in [0.1, 0.15) is 11.5 Å². The predicted molar refractivity (Wildman–Crippen MR) is 83.6 cm³/mol. The van der Waals surface area contributed by atoms with Crippen LogP contribution in [0.2, 0.25) is 0 Å². The number of allylic oxidation sites excluding steroid dienone is 2. The van der Waals surface area contributed by atoms with E-state index < -0.39 is 11.9 Å². The van der Waals surface area contributed by atoms with E-state index in [1.165, 1.54) is 0 Å². The summed E-state index contributed by atoms with van der Waals surface area (Å²) in [7, 11) is 0. The number of carboxylic acid groups (broad SMARTS) is 2. The lowest BCUT2D eigenvalue weighted by Crippen LogP contribution is -2.16. The highest BCUT2D eigenvalue weighted by molar-refractivity contribution is 6.11. The van der Waals surface area contributed by atoms with Gasteiger partial charge in [0.2, 0.25) is 0 Å². The average Bonchev–Trinajstić information content (AvgIpc) is 2.65. The van der Waals surface area contributed by atoms with Crippen molar-refractivity contribution in [2.45, 2.75) is 41.5 Å². The molecule has 0 aliphatic carbocycles. The Bertz CT molecular complexity index is 667. The van der Waals surface area contributed by atoms with Crippen molar-refractivity contribution in [1.82, 2.24) is 0 Å². The van der Waals surface area contributed by atoms with E-state index in [4.69, 9.17) is 4.42 Å². The number of furan rings is 1. The first-order valence-corrected chi connectivity index (χ1v) is 7.03. The van der Waals surface area contributed by atoms with Crippen molar-refractivity contribution in [3.05, 3.63) is 39.9 Å². The summed E-state index contributed by atoms with van der Waals surface area (Å²) in [5, 5.41) is 19.1. The van der Waals surface area contributed by atoms with Crippen molar-refractivity contribution in [2.24, 2.45) is 5.92 Å². The topological polar surface area (TPSA) is 87.7 Å². The third-order valence-corrected chi connectivity index (χ3v) is 3.36. The summed E-state index contributed by atoms with van der Waals surface area (Å²) in [6.45, 7) is 10.4. The van der Waals surface area contributed by atoms with E-state index in [1.54, 1.807) is 33.8 Å². The van der Waals surface area contributed by atoms with Crippen LogP contribution >= 0.6 is 0 Å². The molecule has 0 unspecified atom stereocenters. The monoisotopic (exact) mass is 306 g/mol. The first kappa shape index (κ1) is 17.8. The second-order valence-corrected chi connectivity index (χ2v) is 5.76. The zero-order valence-corrected chi connectivity index (χ0v) is 13.8. The van der Waals surface area contributed by atoms with Gasteiger partial charge in [-0.05, 0) is 45.3 Å². The number of carbonyl (C=O) groups is 2. The lowest BCUT2D eigenvalue weighted by molar-refractivity contribution is -0.136. The van der Waals surface area contributed by atoms with Gasteiger partial charge in [-0.3, -0.25) is 0 Å². The summed E-state index contributed by atoms with van der Waals surface area (Å²) in [4.78, 5) is 23.4. The van der Waals surface area contributed by atoms with Crippen molar-refractivity contribution >= 4 is 17.5 Å². The van der Waals surface area contributed by atoms with Gasteiger partial charge in [0.05, 0.1) is 11.1 Å². The van der Waals surface area contributed by atoms with Crippen LogP contribution in [0.25, 0.3) is 5.57 Å². The molecule has 0 saturated heterocycles. The lowest BCUT2D eigenvalue weighted by Gasteiger charge is -2.17. The zero-order chi connectivity index (χ0) is 17.2. The molecule has 0 bridgehead atoms. The third-order valence-electron chi connectivity index (χ3n) is 3.36. The molecular formula is C17H22O5. The molecule has 5 nitrogen and oxygen atoms in total. The molecule has 0 atom stereocenters. The molecule has 0 aliphatic rings. The van der Waals surface area contributed by atoms with E-state index in [1.807, 2.05) is 13.8 Å². The fourth-order valence-corrected chi connectivity index (χ4v) is 2.56. The van der Waals surface area contributed by atoms with Gasteiger partial charge in [0, 0.05) is 5.56 Å². The van der Waals surface area contributed by atoms with Crippen molar-refractivity contribution in [2.75, 3.05) is 0 Å². The molecule has 1 heterocycles. The lowest BCUT2D eigenvalue weighted by atomic mass is 9.86. The molecule has 1 rings (SSSR count). The molecular weight excluding hydrogens is 284 g/mol. The van der Waals surface area contributed by atoms with Gasteiger partial charge in [-0.25, -0.2) is 9.59 Å². The summed E-state index contributed by atoms with van der Waals surface area (Å²) in [6.07, 6.45) is 0.